The molecule has 1 fully saturated rings. The van der Waals surface area contributed by atoms with Crippen molar-refractivity contribution in [2.75, 3.05) is 13.6 Å². The lowest BCUT2D eigenvalue weighted by Crippen LogP contribution is -2.50. The van der Waals surface area contributed by atoms with E-state index in [0.29, 0.717) is 12.6 Å². The van der Waals surface area contributed by atoms with Gasteiger partial charge in [0.15, 0.2) is 0 Å². The molecule has 1 aliphatic carbocycles. The first-order valence-electron chi connectivity index (χ1n) is 7.08. The van der Waals surface area contributed by atoms with Crippen molar-refractivity contribution in [1.29, 1.82) is 0 Å². The highest BCUT2D eigenvalue weighted by Gasteiger charge is 2.40. The number of carbonyl (C=O) groups excluding carboxylic acids is 1. The van der Waals surface area contributed by atoms with E-state index in [1.807, 2.05) is 11.9 Å². The maximum atomic E-state index is 12.7. The zero-order chi connectivity index (χ0) is 12.9. The van der Waals surface area contributed by atoms with Crippen LogP contribution in [0.3, 0.4) is 0 Å². The van der Waals surface area contributed by atoms with Crippen LogP contribution >= 0.6 is 0 Å². The van der Waals surface area contributed by atoms with Gasteiger partial charge in [0.1, 0.15) is 0 Å². The van der Waals surface area contributed by atoms with Crippen LogP contribution in [0.4, 0.5) is 0 Å². The molecule has 1 aliphatic rings. The molecule has 0 bridgehead atoms. The van der Waals surface area contributed by atoms with Crippen molar-refractivity contribution >= 4 is 5.91 Å². The van der Waals surface area contributed by atoms with Crippen LogP contribution in [0.15, 0.2) is 0 Å². The van der Waals surface area contributed by atoms with Gasteiger partial charge in [0.05, 0.1) is 5.41 Å². The maximum absolute atomic E-state index is 12.7. The quantitative estimate of drug-likeness (QED) is 0.802. The van der Waals surface area contributed by atoms with Gasteiger partial charge in [-0.3, -0.25) is 4.79 Å². The second-order valence-electron chi connectivity index (χ2n) is 5.43. The minimum atomic E-state index is -0.254. The SMILES string of the molecule is CCC(CC)N(C)C(=O)C1(CN)CCCCC1. The maximum Gasteiger partial charge on any atom is 0.230 e. The van der Waals surface area contributed by atoms with Crippen LogP contribution in [0, 0.1) is 5.41 Å². The fraction of sp³-hybridized carbons (Fsp3) is 0.929. The summed E-state index contributed by atoms with van der Waals surface area (Å²) < 4.78 is 0. The molecule has 100 valence electrons. The largest absolute Gasteiger partial charge is 0.342 e. The Morgan fingerprint density at radius 3 is 2.18 bits per heavy atom. The standard InChI is InChI=1S/C14H28N2O/c1-4-12(5-2)16(3)13(17)14(11-15)9-7-6-8-10-14/h12H,4-11,15H2,1-3H3. The third kappa shape index (κ3) is 3.01. The van der Waals surface area contributed by atoms with Crippen LogP contribution in [-0.4, -0.2) is 30.4 Å². The van der Waals surface area contributed by atoms with Crippen molar-refractivity contribution in [1.82, 2.24) is 4.90 Å². The van der Waals surface area contributed by atoms with Crippen LogP contribution in [0.1, 0.15) is 58.8 Å². The third-order valence-corrected chi connectivity index (χ3v) is 4.47. The molecule has 17 heavy (non-hydrogen) atoms. The predicted molar refractivity (Wildman–Crippen MR) is 71.7 cm³/mol. The average Bonchev–Trinajstić information content (AvgIpc) is 2.39. The minimum absolute atomic E-state index is 0.254. The van der Waals surface area contributed by atoms with E-state index in [1.54, 1.807) is 0 Å². The first-order valence-corrected chi connectivity index (χ1v) is 7.08. The Hall–Kier alpha value is -0.570. The van der Waals surface area contributed by atoms with E-state index in [-0.39, 0.29) is 11.3 Å². The molecular formula is C14H28N2O. The van der Waals surface area contributed by atoms with E-state index >= 15 is 0 Å². The number of hydrogen-bond acceptors (Lipinski definition) is 2. The van der Waals surface area contributed by atoms with Crippen LogP contribution in [0.2, 0.25) is 0 Å². The number of amides is 1. The monoisotopic (exact) mass is 240 g/mol. The lowest BCUT2D eigenvalue weighted by molar-refractivity contribution is -0.144. The molecule has 0 heterocycles. The Bertz CT molecular complexity index is 243. The summed E-state index contributed by atoms with van der Waals surface area (Å²) in [6.45, 7) is 4.80. The summed E-state index contributed by atoms with van der Waals surface area (Å²) in [6, 6.07) is 0.368. The Kier molecular flexibility index (Phi) is 5.44. The molecular weight excluding hydrogens is 212 g/mol. The number of carbonyl (C=O) groups is 1. The molecule has 0 aromatic rings. The van der Waals surface area contributed by atoms with E-state index in [2.05, 4.69) is 13.8 Å². The van der Waals surface area contributed by atoms with Gasteiger partial charge < -0.3 is 10.6 Å². The van der Waals surface area contributed by atoms with Crippen molar-refractivity contribution in [3.8, 4) is 0 Å². The molecule has 0 atom stereocenters. The van der Waals surface area contributed by atoms with Crippen molar-refractivity contribution in [3.63, 3.8) is 0 Å². The predicted octanol–water partition coefficient (Wildman–Crippen LogP) is 2.54. The number of nitrogens with two attached hydrogens (primary N) is 1. The average molecular weight is 240 g/mol. The van der Waals surface area contributed by atoms with Gasteiger partial charge in [-0.1, -0.05) is 33.1 Å². The molecule has 1 rings (SSSR count). The molecule has 0 aliphatic heterocycles. The highest BCUT2D eigenvalue weighted by molar-refractivity contribution is 5.83. The van der Waals surface area contributed by atoms with Gasteiger partial charge in [0.2, 0.25) is 5.91 Å². The second kappa shape index (κ2) is 6.39. The van der Waals surface area contributed by atoms with Gasteiger partial charge in [0.25, 0.3) is 0 Å². The van der Waals surface area contributed by atoms with Crippen LogP contribution in [0.25, 0.3) is 0 Å². The lowest BCUT2D eigenvalue weighted by Gasteiger charge is -2.40. The normalized spacial score (nSPS) is 19.4. The van der Waals surface area contributed by atoms with Crippen LogP contribution < -0.4 is 5.73 Å². The number of hydrogen-bond donors (Lipinski definition) is 1. The summed E-state index contributed by atoms with van der Waals surface area (Å²) >= 11 is 0. The molecule has 0 saturated heterocycles. The first kappa shape index (κ1) is 14.5. The van der Waals surface area contributed by atoms with Gasteiger partial charge in [0, 0.05) is 19.6 Å². The Balaban J connectivity index is 2.77. The fourth-order valence-electron chi connectivity index (χ4n) is 3.11. The van der Waals surface area contributed by atoms with E-state index in [4.69, 9.17) is 5.73 Å². The zero-order valence-electron chi connectivity index (χ0n) is 11.7. The molecule has 3 heteroatoms. The third-order valence-electron chi connectivity index (χ3n) is 4.47. The van der Waals surface area contributed by atoms with Gasteiger partial charge in [-0.25, -0.2) is 0 Å². The van der Waals surface area contributed by atoms with Crippen LogP contribution in [-0.2, 0) is 4.79 Å². The Morgan fingerprint density at radius 1 is 1.24 bits per heavy atom. The number of nitrogens with zero attached hydrogens (tertiary/aromatic N) is 1. The van der Waals surface area contributed by atoms with Gasteiger partial charge in [-0.15, -0.1) is 0 Å². The first-order chi connectivity index (χ1) is 8.11. The highest BCUT2D eigenvalue weighted by Crippen LogP contribution is 2.37. The molecule has 0 aromatic carbocycles. The smallest absolute Gasteiger partial charge is 0.230 e. The second-order valence-corrected chi connectivity index (χ2v) is 5.43. The molecule has 2 N–H and O–H groups in total. The van der Waals surface area contributed by atoms with Crippen molar-refractivity contribution in [3.05, 3.63) is 0 Å². The van der Waals surface area contributed by atoms with Gasteiger partial charge in [-0.2, -0.15) is 0 Å². The zero-order valence-corrected chi connectivity index (χ0v) is 11.7. The highest BCUT2D eigenvalue weighted by atomic mass is 16.2. The van der Waals surface area contributed by atoms with E-state index in [0.717, 1.165) is 38.5 Å². The molecule has 0 radical (unpaired) electrons. The Morgan fingerprint density at radius 2 is 1.76 bits per heavy atom. The van der Waals surface area contributed by atoms with Crippen molar-refractivity contribution in [2.24, 2.45) is 11.1 Å². The minimum Gasteiger partial charge on any atom is -0.342 e. The summed E-state index contributed by atoms with van der Waals surface area (Å²) in [5, 5.41) is 0. The summed E-state index contributed by atoms with van der Waals surface area (Å²) in [5.74, 6) is 0.286. The molecule has 0 spiro atoms. The molecule has 0 aromatic heterocycles. The van der Waals surface area contributed by atoms with Gasteiger partial charge in [-0.05, 0) is 25.7 Å². The van der Waals surface area contributed by atoms with E-state index in [9.17, 15) is 4.79 Å². The van der Waals surface area contributed by atoms with E-state index in [1.165, 1.54) is 6.42 Å². The van der Waals surface area contributed by atoms with Crippen molar-refractivity contribution in [2.45, 2.75) is 64.8 Å². The van der Waals surface area contributed by atoms with E-state index < -0.39 is 0 Å². The molecule has 1 saturated carbocycles. The Labute approximate surface area is 106 Å². The molecule has 1 amide bonds. The number of rotatable bonds is 5. The summed E-state index contributed by atoms with van der Waals surface area (Å²) in [7, 11) is 1.95. The topological polar surface area (TPSA) is 46.3 Å². The summed E-state index contributed by atoms with van der Waals surface area (Å²) in [5.41, 5.74) is 5.66. The fourth-order valence-corrected chi connectivity index (χ4v) is 3.11. The van der Waals surface area contributed by atoms with Crippen LogP contribution in [0.5, 0.6) is 0 Å². The van der Waals surface area contributed by atoms with Crippen molar-refractivity contribution < 1.29 is 4.79 Å². The lowest BCUT2D eigenvalue weighted by atomic mass is 9.73. The van der Waals surface area contributed by atoms with Gasteiger partial charge >= 0.3 is 0 Å². The summed E-state index contributed by atoms with van der Waals surface area (Å²) in [6.07, 6.45) is 7.57. The summed E-state index contributed by atoms with van der Waals surface area (Å²) in [4.78, 5) is 14.6. The molecule has 0 unspecified atom stereocenters. The molecule has 3 nitrogen and oxygen atoms in total.